The molecule has 2 aromatic rings. The minimum absolute atomic E-state index is 0.275. The van der Waals surface area contributed by atoms with Gasteiger partial charge in [-0.2, -0.15) is 0 Å². The Morgan fingerprint density at radius 2 is 1.96 bits per heavy atom. The summed E-state index contributed by atoms with van der Waals surface area (Å²) >= 11 is 0. The lowest BCUT2D eigenvalue weighted by molar-refractivity contribution is 0.0560. The van der Waals surface area contributed by atoms with Crippen LogP contribution in [0, 0.1) is 0 Å². The molecule has 1 aromatic carbocycles. The van der Waals surface area contributed by atoms with Crippen molar-refractivity contribution in [3.8, 4) is 0 Å². The third-order valence-electron chi connectivity index (χ3n) is 5.67. The molecular formula is C20H24N2O3. The van der Waals surface area contributed by atoms with Gasteiger partial charge < -0.3 is 14.1 Å². The Morgan fingerprint density at radius 3 is 2.72 bits per heavy atom. The maximum Gasteiger partial charge on any atom is 0.373 e. The number of nitrogens with zero attached hydrogens (tertiary/aromatic N) is 2. The minimum atomic E-state index is -0.422. The van der Waals surface area contributed by atoms with Gasteiger partial charge in [0.1, 0.15) is 5.76 Å². The molecule has 1 saturated heterocycles. The molecule has 0 N–H and O–H groups in total. The molecule has 5 heteroatoms. The van der Waals surface area contributed by atoms with E-state index in [1.54, 1.807) is 6.07 Å². The highest BCUT2D eigenvalue weighted by atomic mass is 16.5. The molecule has 5 nitrogen and oxygen atoms in total. The fourth-order valence-corrected chi connectivity index (χ4v) is 4.34. The third kappa shape index (κ3) is 2.82. The Hall–Kier alpha value is -2.27. The normalized spacial score (nSPS) is 19.2. The van der Waals surface area contributed by atoms with Crippen LogP contribution in [0.25, 0.3) is 0 Å². The number of hydrogen-bond acceptors (Lipinski definition) is 5. The van der Waals surface area contributed by atoms with Gasteiger partial charge in [0.15, 0.2) is 0 Å². The SMILES string of the molecule is COC(=O)c1ccc(CN2CCC3(CC2)CN(C)c2ccccc23)o1. The lowest BCUT2D eigenvalue weighted by Gasteiger charge is -2.39. The van der Waals surface area contributed by atoms with Crippen molar-refractivity contribution in [3.63, 3.8) is 0 Å². The van der Waals surface area contributed by atoms with E-state index in [1.807, 2.05) is 6.07 Å². The molecule has 0 saturated carbocycles. The van der Waals surface area contributed by atoms with Crippen LogP contribution in [-0.4, -0.2) is 44.7 Å². The Morgan fingerprint density at radius 1 is 1.20 bits per heavy atom. The standard InChI is InChI=1S/C20H24N2O3/c1-21-14-20(16-5-3-4-6-17(16)21)9-11-22(12-10-20)13-15-7-8-18(25-15)19(23)24-2/h3-8H,9-14H2,1-2H3. The molecule has 2 aliphatic rings. The van der Waals surface area contributed by atoms with Crippen LogP contribution in [0.1, 0.15) is 34.7 Å². The zero-order chi connectivity index (χ0) is 17.4. The van der Waals surface area contributed by atoms with Crippen LogP contribution in [0.4, 0.5) is 5.69 Å². The molecule has 3 heterocycles. The van der Waals surface area contributed by atoms with E-state index >= 15 is 0 Å². The van der Waals surface area contributed by atoms with E-state index in [-0.39, 0.29) is 11.2 Å². The predicted molar refractivity (Wildman–Crippen MR) is 95.9 cm³/mol. The molecule has 0 aliphatic carbocycles. The number of benzene rings is 1. The second-order valence-electron chi connectivity index (χ2n) is 7.19. The number of hydrogen-bond donors (Lipinski definition) is 0. The molecule has 1 fully saturated rings. The van der Waals surface area contributed by atoms with Crippen molar-refractivity contribution in [1.29, 1.82) is 0 Å². The molecule has 25 heavy (non-hydrogen) atoms. The average Bonchev–Trinajstić information content (AvgIpc) is 3.21. The number of likely N-dealkylation sites (tertiary alicyclic amines) is 1. The average molecular weight is 340 g/mol. The Kier molecular flexibility index (Phi) is 4.04. The van der Waals surface area contributed by atoms with Crippen LogP contribution in [0.2, 0.25) is 0 Å². The highest BCUT2D eigenvalue weighted by molar-refractivity contribution is 5.86. The van der Waals surface area contributed by atoms with Crippen LogP contribution < -0.4 is 4.90 Å². The second kappa shape index (κ2) is 6.23. The van der Waals surface area contributed by atoms with Gasteiger partial charge in [-0.25, -0.2) is 4.79 Å². The number of piperidine rings is 1. The Bertz CT molecular complexity index is 775. The van der Waals surface area contributed by atoms with E-state index in [1.165, 1.54) is 18.4 Å². The first-order valence-corrected chi connectivity index (χ1v) is 8.81. The van der Waals surface area contributed by atoms with Gasteiger partial charge >= 0.3 is 5.97 Å². The molecule has 0 amide bonds. The fraction of sp³-hybridized carbons (Fsp3) is 0.450. The monoisotopic (exact) mass is 340 g/mol. The minimum Gasteiger partial charge on any atom is -0.463 e. The number of carbonyl (C=O) groups excluding carboxylic acids is 1. The topological polar surface area (TPSA) is 45.9 Å². The van der Waals surface area contributed by atoms with Crippen molar-refractivity contribution in [3.05, 3.63) is 53.5 Å². The number of rotatable bonds is 3. The van der Waals surface area contributed by atoms with E-state index in [0.717, 1.165) is 44.8 Å². The summed E-state index contributed by atoms with van der Waals surface area (Å²) in [4.78, 5) is 16.3. The maximum absolute atomic E-state index is 11.5. The van der Waals surface area contributed by atoms with E-state index in [4.69, 9.17) is 9.15 Å². The molecule has 0 radical (unpaired) electrons. The lowest BCUT2D eigenvalue weighted by atomic mass is 9.74. The predicted octanol–water partition coefficient (Wildman–Crippen LogP) is 3.05. The van der Waals surface area contributed by atoms with Gasteiger partial charge in [-0.3, -0.25) is 4.90 Å². The number of fused-ring (bicyclic) bond motifs is 2. The summed E-state index contributed by atoms with van der Waals surface area (Å²) in [5, 5.41) is 0. The van der Waals surface area contributed by atoms with Gasteiger partial charge in [0, 0.05) is 24.7 Å². The number of para-hydroxylation sites is 1. The van der Waals surface area contributed by atoms with Gasteiger partial charge in [0.25, 0.3) is 0 Å². The van der Waals surface area contributed by atoms with Gasteiger partial charge in [-0.15, -0.1) is 0 Å². The van der Waals surface area contributed by atoms with Crippen molar-refractivity contribution >= 4 is 11.7 Å². The first-order valence-electron chi connectivity index (χ1n) is 8.81. The van der Waals surface area contributed by atoms with Crippen molar-refractivity contribution in [2.24, 2.45) is 0 Å². The number of ether oxygens (including phenoxy) is 1. The molecule has 0 bridgehead atoms. The number of methoxy groups -OCH3 is 1. The number of likely N-dealkylation sites (N-methyl/N-ethyl adjacent to an activating group) is 1. The Balaban J connectivity index is 1.42. The Labute approximate surface area is 148 Å². The van der Waals surface area contributed by atoms with Crippen LogP contribution >= 0.6 is 0 Å². The van der Waals surface area contributed by atoms with Gasteiger partial charge in [0.2, 0.25) is 5.76 Å². The number of esters is 1. The largest absolute Gasteiger partial charge is 0.463 e. The van der Waals surface area contributed by atoms with Crippen molar-refractivity contribution in [2.75, 3.05) is 38.7 Å². The number of furan rings is 1. The number of carbonyl (C=O) groups is 1. The van der Waals surface area contributed by atoms with Gasteiger partial charge in [-0.1, -0.05) is 18.2 Å². The van der Waals surface area contributed by atoms with Crippen molar-refractivity contribution < 1.29 is 13.9 Å². The summed E-state index contributed by atoms with van der Waals surface area (Å²) in [6.45, 7) is 3.92. The molecule has 1 aromatic heterocycles. The maximum atomic E-state index is 11.5. The first kappa shape index (κ1) is 16.2. The smallest absolute Gasteiger partial charge is 0.373 e. The quantitative estimate of drug-likeness (QED) is 0.804. The van der Waals surface area contributed by atoms with Gasteiger partial charge in [-0.05, 0) is 49.7 Å². The zero-order valence-corrected chi connectivity index (χ0v) is 14.8. The summed E-state index contributed by atoms with van der Waals surface area (Å²) in [5.74, 6) is 0.673. The second-order valence-corrected chi connectivity index (χ2v) is 7.19. The van der Waals surface area contributed by atoms with Crippen molar-refractivity contribution in [2.45, 2.75) is 24.8 Å². The molecule has 2 aliphatic heterocycles. The highest BCUT2D eigenvalue weighted by Crippen LogP contribution is 2.46. The fourth-order valence-electron chi connectivity index (χ4n) is 4.34. The van der Waals surface area contributed by atoms with Crippen molar-refractivity contribution in [1.82, 2.24) is 4.90 Å². The number of anilines is 1. The molecule has 132 valence electrons. The van der Waals surface area contributed by atoms with E-state index < -0.39 is 5.97 Å². The zero-order valence-electron chi connectivity index (χ0n) is 14.8. The van der Waals surface area contributed by atoms with E-state index in [9.17, 15) is 4.79 Å². The van der Waals surface area contributed by atoms with E-state index in [0.29, 0.717) is 0 Å². The molecular weight excluding hydrogens is 316 g/mol. The van der Waals surface area contributed by atoms with Crippen LogP contribution in [-0.2, 0) is 16.7 Å². The molecule has 1 spiro atoms. The summed E-state index contributed by atoms with van der Waals surface area (Å²) in [5.41, 5.74) is 3.16. The summed E-state index contributed by atoms with van der Waals surface area (Å²) < 4.78 is 10.3. The summed E-state index contributed by atoms with van der Waals surface area (Å²) in [6.07, 6.45) is 2.30. The molecule has 4 rings (SSSR count). The van der Waals surface area contributed by atoms with E-state index in [2.05, 4.69) is 41.1 Å². The lowest BCUT2D eigenvalue weighted by Crippen LogP contribution is -2.44. The highest BCUT2D eigenvalue weighted by Gasteiger charge is 2.43. The molecule has 0 atom stereocenters. The van der Waals surface area contributed by atoms with Crippen LogP contribution in [0.3, 0.4) is 0 Å². The first-order chi connectivity index (χ1) is 12.1. The van der Waals surface area contributed by atoms with Crippen LogP contribution in [0.5, 0.6) is 0 Å². The third-order valence-corrected chi connectivity index (χ3v) is 5.67. The summed E-state index contributed by atoms with van der Waals surface area (Å²) in [7, 11) is 3.56. The van der Waals surface area contributed by atoms with Gasteiger partial charge in [0.05, 0.1) is 13.7 Å². The van der Waals surface area contributed by atoms with Crippen LogP contribution in [0.15, 0.2) is 40.8 Å². The molecule has 0 unspecified atom stereocenters. The summed E-state index contributed by atoms with van der Waals surface area (Å²) in [6, 6.07) is 12.4.